The van der Waals surface area contributed by atoms with Gasteiger partial charge in [-0.25, -0.2) is 14.6 Å². The minimum Gasteiger partial charge on any atom is -0.493 e. The Labute approximate surface area is 224 Å². The van der Waals surface area contributed by atoms with E-state index in [0.717, 1.165) is 19.3 Å². The molecule has 1 aromatic rings. The summed E-state index contributed by atoms with van der Waals surface area (Å²) in [5, 5.41) is 2.74. The van der Waals surface area contributed by atoms with Gasteiger partial charge in [0.25, 0.3) is 5.91 Å². The van der Waals surface area contributed by atoms with Crippen LogP contribution in [-0.2, 0) is 28.5 Å². The molecule has 0 bridgehead atoms. The number of hydrogen-bond acceptors (Lipinski definition) is 10. The first-order valence-electron chi connectivity index (χ1n) is 13.1. The third-order valence-corrected chi connectivity index (χ3v) is 6.42. The molecule has 38 heavy (non-hydrogen) atoms. The van der Waals surface area contributed by atoms with E-state index in [1.807, 2.05) is 6.92 Å². The third kappa shape index (κ3) is 9.43. The second-order valence-corrected chi connectivity index (χ2v) is 9.64. The number of aromatic nitrogens is 1. The Morgan fingerprint density at radius 2 is 2.00 bits per heavy atom. The number of esters is 2. The molecule has 11 nitrogen and oxygen atoms in total. The maximum atomic E-state index is 13.2. The van der Waals surface area contributed by atoms with Gasteiger partial charge in [-0.05, 0) is 44.9 Å². The van der Waals surface area contributed by atoms with Crippen molar-refractivity contribution in [3.05, 3.63) is 18.0 Å². The molecule has 1 aliphatic heterocycles. The van der Waals surface area contributed by atoms with Gasteiger partial charge in [-0.1, -0.05) is 26.7 Å². The molecule has 0 aliphatic carbocycles. The minimum absolute atomic E-state index is 0.0188. The van der Waals surface area contributed by atoms with Crippen molar-refractivity contribution in [1.82, 2.24) is 10.3 Å². The SMILES string of the molecule is CCOCC(=O)OCOc1c(OC)ccnc1C(=O)NC1CCCC(CCC(C)C)C(OC)C(C)OC1=O. The van der Waals surface area contributed by atoms with Gasteiger partial charge in [0, 0.05) is 26.0 Å². The molecule has 2 heterocycles. The quantitative estimate of drug-likeness (QED) is 0.295. The van der Waals surface area contributed by atoms with E-state index < -0.39 is 36.8 Å². The van der Waals surface area contributed by atoms with E-state index in [0.29, 0.717) is 25.4 Å². The van der Waals surface area contributed by atoms with Crippen molar-refractivity contribution < 1.29 is 42.8 Å². The summed E-state index contributed by atoms with van der Waals surface area (Å²) in [5.74, 6) is -0.803. The van der Waals surface area contributed by atoms with E-state index in [2.05, 4.69) is 24.1 Å². The lowest BCUT2D eigenvalue weighted by Crippen LogP contribution is -2.44. The van der Waals surface area contributed by atoms with Crippen LogP contribution >= 0.6 is 0 Å². The number of rotatable bonds is 13. The first-order chi connectivity index (χ1) is 18.2. The van der Waals surface area contributed by atoms with Gasteiger partial charge >= 0.3 is 11.9 Å². The van der Waals surface area contributed by atoms with Crippen LogP contribution in [0.3, 0.4) is 0 Å². The Morgan fingerprint density at radius 3 is 2.66 bits per heavy atom. The van der Waals surface area contributed by atoms with Crippen LogP contribution in [0.25, 0.3) is 0 Å². The van der Waals surface area contributed by atoms with Crippen LogP contribution in [0.2, 0.25) is 0 Å². The summed E-state index contributed by atoms with van der Waals surface area (Å²) in [5.41, 5.74) is -0.115. The lowest BCUT2D eigenvalue weighted by Gasteiger charge is -2.30. The summed E-state index contributed by atoms with van der Waals surface area (Å²) >= 11 is 0. The van der Waals surface area contributed by atoms with Crippen LogP contribution in [0.1, 0.15) is 70.3 Å². The highest BCUT2D eigenvalue weighted by molar-refractivity contribution is 5.98. The summed E-state index contributed by atoms with van der Waals surface area (Å²) < 4.78 is 32.3. The molecular formula is C27H42N2O9. The van der Waals surface area contributed by atoms with Crippen molar-refractivity contribution >= 4 is 17.8 Å². The van der Waals surface area contributed by atoms with Gasteiger partial charge in [-0.15, -0.1) is 0 Å². The fourth-order valence-corrected chi connectivity index (χ4v) is 4.45. The number of nitrogens with one attached hydrogen (secondary N) is 1. The summed E-state index contributed by atoms with van der Waals surface area (Å²) in [6.45, 7) is 7.60. The maximum absolute atomic E-state index is 13.2. The van der Waals surface area contributed by atoms with Crippen molar-refractivity contribution in [3.8, 4) is 11.5 Å². The standard InChI is InChI=1S/C27H42N2O9/c1-7-35-15-22(30)36-16-37-25-21(33-5)13-14-28-23(25)26(31)29-20-10-8-9-19(12-11-17(2)3)24(34-6)18(4)38-27(20)32/h13-14,17-20,24H,7-12,15-16H2,1-6H3,(H,29,31). The Balaban J connectivity index is 2.14. The van der Waals surface area contributed by atoms with E-state index in [4.69, 9.17) is 28.4 Å². The molecular weight excluding hydrogens is 496 g/mol. The molecule has 4 unspecified atom stereocenters. The first-order valence-corrected chi connectivity index (χ1v) is 13.1. The number of carbonyl (C=O) groups is 3. The predicted octanol–water partition coefficient (Wildman–Crippen LogP) is 3.29. The number of nitrogens with zero attached hydrogens (tertiary/aromatic N) is 1. The van der Waals surface area contributed by atoms with Gasteiger partial charge in [0.05, 0.1) is 13.2 Å². The number of ether oxygens (including phenoxy) is 6. The molecule has 1 fully saturated rings. The highest BCUT2D eigenvalue weighted by Gasteiger charge is 2.35. The van der Waals surface area contributed by atoms with Gasteiger partial charge in [0.15, 0.2) is 17.2 Å². The molecule has 0 spiro atoms. The van der Waals surface area contributed by atoms with Crippen molar-refractivity contribution in [3.63, 3.8) is 0 Å². The Morgan fingerprint density at radius 1 is 1.24 bits per heavy atom. The molecule has 0 aromatic carbocycles. The third-order valence-electron chi connectivity index (χ3n) is 6.42. The molecule has 11 heteroatoms. The zero-order valence-electron chi connectivity index (χ0n) is 23.3. The largest absolute Gasteiger partial charge is 0.493 e. The van der Waals surface area contributed by atoms with Crippen LogP contribution in [0.4, 0.5) is 0 Å². The van der Waals surface area contributed by atoms with Crippen molar-refractivity contribution in [2.45, 2.75) is 78.0 Å². The van der Waals surface area contributed by atoms with Gasteiger partial charge in [0.2, 0.25) is 6.79 Å². The molecule has 1 aromatic heterocycles. The van der Waals surface area contributed by atoms with Crippen LogP contribution in [0, 0.1) is 11.8 Å². The van der Waals surface area contributed by atoms with Crippen molar-refractivity contribution in [2.24, 2.45) is 11.8 Å². The van der Waals surface area contributed by atoms with Crippen LogP contribution in [0.15, 0.2) is 12.3 Å². The van der Waals surface area contributed by atoms with Crippen LogP contribution in [0.5, 0.6) is 11.5 Å². The number of cyclic esters (lactones) is 1. The average Bonchev–Trinajstić information content (AvgIpc) is 2.94. The number of amides is 1. The van der Waals surface area contributed by atoms with E-state index in [9.17, 15) is 14.4 Å². The molecule has 2 rings (SSSR count). The smallest absolute Gasteiger partial charge is 0.334 e. The molecule has 0 radical (unpaired) electrons. The molecule has 4 atom stereocenters. The maximum Gasteiger partial charge on any atom is 0.334 e. The minimum atomic E-state index is -0.879. The summed E-state index contributed by atoms with van der Waals surface area (Å²) in [6.07, 6.45) is 4.67. The number of carbonyl (C=O) groups excluding carboxylic acids is 3. The molecule has 0 saturated carbocycles. The Bertz CT molecular complexity index is 909. The van der Waals surface area contributed by atoms with Gasteiger partial charge in [0.1, 0.15) is 18.8 Å². The monoisotopic (exact) mass is 538 g/mol. The normalized spacial score (nSPS) is 22.0. The fraction of sp³-hybridized carbons (Fsp3) is 0.704. The van der Waals surface area contributed by atoms with E-state index >= 15 is 0 Å². The van der Waals surface area contributed by atoms with Gasteiger partial charge < -0.3 is 33.7 Å². The van der Waals surface area contributed by atoms with Crippen molar-refractivity contribution in [2.75, 3.05) is 34.2 Å². The summed E-state index contributed by atoms with van der Waals surface area (Å²) in [6, 6.07) is 0.628. The second kappa shape index (κ2) is 16.1. The van der Waals surface area contributed by atoms with E-state index in [1.165, 1.54) is 19.4 Å². The highest BCUT2D eigenvalue weighted by Crippen LogP contribution is 2.31. The molecule has 1 amide bonds. The Hall–Kier alpha value is -2.92. The number of methoxy groups -OCH3 is 2. The van der Waals surface area contributed by atoms with E-state index in [-0.39, 0.29) is 35.8 Å². The van der Waals surface area contributed by atoms with Crippen LogP contribution in [-0.4, -0.2) is 75.3 Å². The molecule has 1 saturated heterocycles. The molecule has 1 aliphatic rings. The lowest BCUT2D eigenvalue weighted by molar-refractivity contribution is -0.159. The molecule has 214 valence electrons. The summed E-state index contributed by atoms with van der Waals surface area (Å²) in [7, 11) is 3.04. The number of pyridine rings is 1. The fourth-order valence-electron chi connectivity index (χ4n) is 4.45. The summed E-state index contributed by atoms with van der Waals surface area (Å²) in [4.78, 5) is 42.1. The van der Waals surface area contributed by atoms with Crippen molar-refractivity contribution in [1.29, 1.82) is 0 Å². The lowest BCUT2D eigenvalue weighted by atomic mass is 9.86. The highest BCUT2D eigenvalue weighted by atomic mass is 16.7. The van der Waals surface area contributed by atoms with E-state index in [1.54, 1.807) is 14.0 Å². The second-order valence-electron chi connectivity index (χ2n) is 9.64. The number of hydrogen-bond donors (Lipinski definition) is 1. The zero-order valence-corrected chi connectivity index (χ0v) is 23.3. The predicted molar refractivity (Wildman–Crippen MR) is 138 cm³/mol. The average molecular weight is 539 g/mol. The Kier molecular flexibility index (Phi) is 13.3. The topological polar surface area (TPSA) is 132 Å². The molecule has 1 N–H and O–H groups in total. The zero-order chi connectivity index (χ0) is 28.1. The van der Waals surface area contributed by atoms with Crippen LogP contribution < -0.4 is 14.8 Å². The first kappa shape index (κ1) is 31.3. The van der Waals surface area contributed by atoms with Gasteiger partial charge in [-0.2, -0.15) is 0 Å². The van der Waals surface area contributed by atoms with Gasteiger partial charge in [-0.3, -0.25) is 4.79 Å².